The predicted molar refractivity (Wildman–Crippen MR) is 66.7 cm³/mol. The van der Waals surface area contributed by atoms with Crippen LogP contribution < -0.4 is 5.32 Å². The minimum atomic E-state index is -0.319. The van der Waals surface area contributed by atoms with Crippen molar-refractivity contribution < 1.29 is 14.3 Å². The number of ether oxygens (including phenoxy) is 1. The largest absolute Gasteiger partial charge is 0.469 e. The van der Waals surface area contributed by atoms with Crippen molar-refractivity contribution in [2.24, 2.45) is 5.92 Å². The maximum atomic E-state index is 11.8. The van der Waals surface area contributed by atoms with Gasteiger partial charge < -0.3 is 10.1 Å². The number of esters is 1. The number of nitrogens with one attached hydrogen (secondary N) is 1. The quantitative estimate of drug-likeness (QED) is 0.807. The summed E-state index contributed by atoms with van der Waals surface area (Å²) < 4.78 is 4.67. The second kappa shape index (κ2) is 5.67. The van der Waals surface area contributed by atoms with Crippen molar-refractivity contribution in [1.82, 2.24) is 5.32 Å². The molecule has 1 aliphatic rings. The van der Waals surface area contributed by atoms with Crippen molar-refractivity contribution in [2.45, 2.75) is 25.3 Å². The van der Waals surface area contributed by atoms with Gasteiger partial charge in [-0.1, -0.05) is 30.3 Å². The van der Waals surface area contributed by atoms with Crippen molar-refractivity contribution in [3.05, 3.63) is 35.9 Å². The van der Waals surface area contributed by atoms with E-state index in [0.717, 1.165) is 18.4 Å². The highest BCUT2D eigenvalue weighted by atomic mass is 16.5. The van der Waals surface area contributed by atoms with Gasteiger partial charge in [-0.2, -0.15) is 0 Å². The Kier molecular flexibility index (Phi) is 3.97. The minimum absolute atomic E-state index is 0.0350. The lowest BCUT2D eigenvalue weighted by molar-refractivity contribution is -0.141. The third-order valence-electron chi connectivity index (χ3n) is 3.07. The summed E-state index contributed by atoms with van der Waals surface area (Å²) in [7, 11) is 1.35. The zero-order valence-electron chi connectivity index (χ0n) is 10.4. The standard InChI is InChI=1S/C14H17NO3/c1-18-13(16)9-12(10-5-3-2-4-6-10)15-14(17)11-7-8-11/h2-6,11-12H,7-9H2,1H3,(H,15,17). The van der Waals surface area contributed by atoms with E-state index in [9.17, 15) is 9.59 Å². The molecule has 96 valence electrons. The molecule has 4 heteroatoms. The summed E-state index contributed by atoms with van der Waals surface area (Å²) >= 11 is 0. The fraction of sp³-hybridized carbons (Fsp3) is 0.429. The van der Waals surface area contributed by atoms with E-state index in [4.69, 9.17) is 0 Å². The van der Waals surface area contributed by atoms with Crippen LogP contribution in [0.25, 0.3) is 0 Å². The van der Waals surface area contributed by atoms with Gasteiger partial charge in [0.2, 0.25) is 5.91 Å². The number of hydrogen-bond acceptors (Lipinski definition) is 3. The first kappa shape index (κ1) is 12.6. The van der Waals surface area contributed by atoms with E-state index < -0.39 is 0 Å². The van der Waals surface area contributed by atoms with E-state index in [1.165, 1.54) is 7.11 Å². The molecule has 1 aromatic rings. The number of amides is 1. The van der Waals surface area contributed by atoms with Crippen molar-refractivity contribution in [2.75, 3.05) is 7.11 Å². The van der Waals surface area contributed by atoms with E-state index in [1.807, 2.05) is 30.3 Å². The topological polar surface area (TPSA) is 55.4 Å². The molecule has 1 saturated carbocycles. The van der Waals surface area contributed by atoms with Crippen LogP contribution in [-0.2, 0) is 14.3 Å². The highest BCUT2D eigenvalue weighted by Gasteiger charge is 2.31. The highest BCUT2D eigenvalue weighted by Crippen LogP contribution is 2.30. The molecular formula is C14H17NO3. The van der Waals surface area contributed by atoms with Gasteiger partial charge in [-0.15, -0.1) is 0 Å². The number of hydrogen-bond donors (Lipinski definition) is 1. The maximum absolute atomic E-state index is 11.8. The van der Waals surface area contributed by atoms with E-state index in [0.29, 0.717) is 0 Å². The van der Waals surface area contributed by atoms with Crippen molar-refractivity contribution >= 4 is 11.9 Å². The van der Waals surface area contributed by atoms with Crippen molar-refractivity contribution in [3.63, 3.8) is 0 Å². The van der Waals surface area contributed by atoms with Gasteiger partial charge in [0.25, 0.3) is 0 Å². The van der Waals surface area contributed by atoms with Crippen LogP contribution in [0.4, 0.5) is 0 Å². The molecule has 0 saturated heterocycles. The van der Waals surface area contributed by atoms with Crippen LogP contribution in [0.1, 0.15) is 30.9 Å². The summed E-state index contributed by atoms with van der Waals surface area (Å²) in [4.78, 5) is 23.2. The SMILES string of the molecule is COC(=O)CC(NC(=O)C1CC1)c1ccccc1. The summed E-state index contributed by atoms with van der Waals surface area (Å²) in [6.07, 6.45) is 2.07. The van der Waals surface area contributed by atoms with Gasteiger partial charge >= 0.3 is 5.97 Å². The Morgan fingerprint density at radius 1 is 1.33 bits per heavy atom. The fourth-order valence-corrected chi connectivity index (χ4v) is 1.82. The van der Waals surface area contributed by atoms with Crippen LogP contribution in [-0.4, -0.2) is 19.0 Å². The first-order valence-corrected chi connectivity index (χ1v) is 6.13. The molecule has 0 spiro atoms. The van der Waals surface area contributed by atoms with E-state index in [2.05, 4.69) is 10.1 Å². The molecular weight excluding hydrogens is 230 g/mol. The van der Waals surface area contributed by atoms with E-state index >= 15 is 0 Å². The number of methoxy groups -OCH3 is 1. The van der Waals surface area contributed by atoms with Gasteiger partial charge in [0, 0.05) is 5.92 Å². The average molecular weight is 247 g/mol. The Morgan fingerprint density at radius 2 is 2.00 bits per heavy atom. The number of rotatable bonds is 5. The monoisotopic (exact) mass is 247 g/mol. The van der Waals surface area contributed by atoms with Gasteiger partial charge in [0.05, 0.1) is 19.6 Å². The molecule has 0 bridgehead atoms. The zero-order chi connectivity index (χ0) is 13.0. The molecule has 0 heterocycles. The lowest BCUT2D eigenvalue weighted by Crippen LogP contribution is -2.31. The Hall–Kier alpha value is -1.84. The molecule has 0 aromatic heterocycles. The molecule has 0 radical (unpaired) electrons. The smallest absolute Gasteiger partial charge is 0.307 e. The van der Waals surface area contributed by atoms with Crippen LogP contribution in [0.15, 0.2) is 30.3 Å². The van der Waals surface area contributed by atoms with Gasteiger partial charge in [-0.25, -0.2) is 0 Å². The molecule has 1 unspecified atom stereocenters. The van der Waals surface area contributed by atoms with Crippen molar-refractivity contribution in [3.8, 4) is 0 Å². The second-order valence-electron chi connectivity index (χ2n) is 4.53. The normalized spacial score (nSPS) is 15.8. The number of carbonyl (C=O) groups excluding carboxylic acids is 2. The summed E-state index contributed by atoms with van der Waals surface area (Å²) in [6, 6.07) is 9.20. The molecule has 1 aliphatic carbocycles. The minimum Gasteiger partial charge on any atom is -0.469 e. The Morgan fingerprint density at radius 3 is 2.56 bits per heavy atom. The molecule has 18 heavy (non-hydrogen) atoms. The molecule has 2 rings (SSSR count). The van der Waals surface area contributed by atoms with Crippen LogP contribution >= 0.6 is 0 Å². The molecule has 4 nitrogen and oxygen atoms in total. The molecule has 1 amide bonds. The van der Waals surface area contributed by atoms with Crippen LogP contribution in [0.5, 0.6) is 0 Å². The van der Waals surface area contributed by atoms with Crippen LogP contribution in [0.3, 0.4) is 0 Å². The third-order valence-corrected chi connectivity index (χ3v) is 3.07. The van der Waals surface area contributed by atoms with Gasteiger partial charge in [-0.05, 0) is 18.4 Å². The predicted octanol–water partition coefficient (Wildman–Crippen LogP) is 1.82. The number of carbonyl (C=O) groups is 2. The Labute approximate surface area is 106 Å². The lowest BCUT2D eigenvalue weighted by Gasteiger charge is -2.18. The summed E-state index contributed by atoms with van der Waals surface area (Å²) in [5, 5.41) is 2.92. The Bertz CT molecular complexity index is 426. The average Bonchev–Trinajstić information content (AvgIpc) is 3.23. The fourth-order valence-electron chi connectivity index (χ4n) is 1.82. The molecule has 0 aliphatic heterocycles. The first-order valence-electron chi connectivity index (χ1n) is 6.13. The molecule has 1 atom stereocenters. The van der Waals surface area contributed by atoms with Gasteiger partial charge in [0.1, 0.15) is 0 Å². The zero-order valence-corrected chi connectivity index (χ0v) is 10.4. The van der Waals surface area contributed by atoms with Gasteiger partial charge in [-0.3, -0.25) is 9.59 Å². The summed E-state index contributed by atoms with van der Waals surface area (Å²) in [6.45, 7) is 0. The first-order chi connectivity index (χ1) is 8.70. The van der Waals surface area contributed by atoms with Crippen LogP contribution in [0, 0.1) is 5.92 Å². The molecule has 1 aromatic carbocycles. The van der Waals surface area contributed by atoms with E-state index in [-0.39, 0.29) is 30.3 Å². The van der Waals surface area contributed by atoms with Crippen molar-refractivity contribution in [1.29, 1.82) is 0 Å². The van der Waals surface area contributed by atoms with Gasteiger partial charge in [0.15, 0.2) is 0 Å². The Balaban J connectivity index is 2.06. The maximum Gasteiger partial charge on any atom is 0.307 e. The third kappa shape index (κ3) is 3.32. The van der Waals surface area contributed by atoms with Crippen LogP contribution in [0.2, 0.25) is 0 Å². The summed E-state index contributed by atoms with van der Waals surface area (Å²) in [5.41, 5.74) is 0.928. The number of benzene rings is 1. The molecule has 1 fully saturated rings. The molecule has 1 N–H and O–H groups in total. The lowest BCUT2D eigenvalue weighted by atomic mass is 10.0. The highest BCUT2D eigenvalue weighted by molar-refractivity contribution is 5.82. The summed E-state index contributed by atoms with van der Waals surface area (Å²) in [5.74, 6) is -0.151. The second-order valence-corrected chi connectivity index (χ2v) is 4.53. The van der Waals surface area contributed by atoms with E-state index in [1.54, 1.807) is 0 Å².